The number of rotatable bonds is 3. The molecule has 1 saturated heterocycles. The number of ether oxygens (including phenoxy) is 1. The fourth-order valence-electron chi connectivity index (χ4n) is 3.26. The number of para-hydroxylation sites is 1. The van der Waals surface area contributed by atoms with Gasteiger partial charge in [0.25, 0.3) is 5.91 Å². The molecule has 5 heteroatoms. The van der Waals surface area contributed by atoms with E-state index in [9.17, 15) is 9.59 Å². The van der Waals surface area contributed by atoms with E-state index in [4.69, 9.17) is 4.74 Å². The van der Waals surface area contributed by atoms with Gasteiger partial charge in [-0.05, 0) is 37.6 Å². The van der Waals surface area contributed by atoms with Crippen LogP contribution in [0.4, 0.5) is 0 Å². The van der Waals surface area contributed by atoms with Crippen LogP contribution in [0.1, 0.15) is 21.5 Å². The monoisotopic (exact) mass is 348 g/mol. The highest BCUT2D eigenvalue weighted by Gasteiger charge is 2.33. The van der Waals surface area contributed by atoms with Gasteiger partial charge in [-0.15, -0.1) is 0 Å². The number of pyridine rings is 1. The Bertz CT molecular complexity index is 1050. The van der Waals surface area contributed by atoms with Crippen molar-refractivity contribution in [3.63, 3.8) is 0 Å². The minimum atomic E-state index is -0.266. The Morgan fingerprint density at radius 3 is 2.65 bits per heavy atom. The van der Waals surface area contributed by atoms with E-state index in [0.717, 1.165) is 22.3 Å². The Morgan fingerprint density at radius 2 is 1.88 bits per heavy atom. The SMILES string of the molecule is Cc1ccc2[nH]c(=O)cc(C(=O)N3CC(Oc4ccccc4C)C3)c2c1. The minimum Gasteiger partial charge on any atom is -0.486 e. The number of aromatic amines is 1. The number of nitrogens with one attached hydrogen (secondary N) is 1. The van der Waals surface area contributed by atoms with Crippen LogP contribution < -0.4 is 10.3 Å². The normalized spacial score (nSPS) is 14.3. The highest BCUT2D eigenvalue weighted by atomic mass is 16.5. The Morgan fingerprint density at radius 1 is 1.12 bits per heavy atom. The van der Waals surface area contributed by atoms with Crippen molar-refractivity contribution in [1.29, 1.82) is 0 Å². The maximum Gasteiger partial charge on any atom is 0.255 e. The molecule has 2 aromatic carbocycles. The molecule has 0 atom stereocenters. The fraction of sp³-hybridized carbons (Fsp3) is 0.238. The Kier molecular flexibility index (Phi) is 3.99. The zero-order valence-corrected chi connectivity index (χ0v) is 14.8. The number of fused-ring (bicyclic) bond motifs is 1. The van der Waals surface area contributed by atoms with Crippen LogP contribution in [0.25, 0.3) is 10.9 Å². The first kappa shape index (κ1) is 16.4. The first-order valence-corrected chi connectivity index (χ1v) is 8.66. The second-order valence-electron chi connectivity index (χ2n) is 6.81. The zero-order valence-electron chi connectivity index (χ0n) is 14.8. The number of amides is 1. The van der Waals surface area contributed by atoms with Crippen LogP contribution in [0, 0.1) is 13.8 Å². The molecule has 1 aromatic heterocycles. The lowest BCUT2D eigenvalue weighted by atomic mass is 10.0. The van der Waals surface area contributed by atoms with E-state index in [0.29, 0.717) is 24.2 Å². The summed E-state index contributed by atoms with van der Waals surface area (Å²) < 4.78 is 5.97. The number of aromatic nitrogens is 1. The standard InChI is InChI=1S/C21H20N2O3/c1-13-7-8-18-16(9-13)17(10-20(24)22-18)21(25)23-11-15(12-23)26-19-6-4-3-5-14(19)2/h3-10,15H,11-12H2,1-2H3,(H,22,24). The topological polar surface area (TPSA) is 62.4 Å². The minimum absolute atomic E-state index is 0.0185. The molecule has 1 fully saturated rings. The van der Waals surface area contributed by atoms with Gasteiger partial charge in [-0.3, -0.25) is 9.59 Å². The molecular formula is C21H20N2O3. The fourth-order valence-corrected chi connectivity index (χ4v) is 3.26. The molecule has 2 heterocycles. The van der Waals surface area contributed by atoms with Gasteiger partial charge in [-0.25, -0.2) is 0 Å². The second kappa shape index (κ2) is 6.33. The molecular weight excluding hydrogens is 328 g/mol. The first-order valence-electron chi connectivity index (χ1n) is 8.66. The van der Waals surface area contributed by atoms with Crippen molar-refractivity contribution >= 4 is 16.8 Å². The molecule has 132 valence electrons. The van der Waals surface area contributed by atoms with Crippen LogP contribution in [-0.2, 0) is 0 Å². The molecule has 0 spiro atoms. The summed E-state index contributed by atoms with van der Waals surface area (Å²) in [6.07, 6.45) is -0.0185. The van der Waals surface area contributed by atoms with Crippen molar-refractivity contribution in [2.75, 3.05) is 13.1 Å². The van der Waals surface area contributed by atoms with Crippen molar-refractivity contribution in [1.82, 2.24) is 9.88 Å². The third-order valence-electron chi connectivity index (χ3n) is 4.75. The summed E-state index contributed by atoms with van der Waals surface area (Å²) in [5.41, 5.74) is 2.98. The van der Waals surface area contributed by atoms with Gasteiger partial charge in [-0.2, -0.15) is 0 Å². The molecule has 0 aliphatic carbocycles. The number of nitrogens with zero attached hydrogens (tertiary/aromatic N) is 1. The van der Waals surface area contributed by atoms with E-state index in [1.54, 1.807) is 4.90 Å². The number of aryl methyl sites for hydroxylation is 2. The third-order valence-corrected chi connectivity index (χ3v) is 4.75. The van der Waals surface area contributed by atoms with Crippen LogP contribution in [0.15, 0.2) is 53.3 Å². The molecule has 26 heavy (non-hydrogen) atoms. The summed E-state index contributed by atoms with van der Waals surface area (Å²) >= 11 is 0. The summed E-state index contributed by atoms with van der Waals surface area (Å²) in [6, 6.07) is 14.9. The molecule has 4 rings (SSSR count). The highest BCUT2D eigenvalue weighted by molar-refractivity contribution is 6.06. The van der Waals surface area contributed by atoms with Gasteiger partial charge in [-0.1, -0.05) is 29.8 Å². The summed E-state index contributed by atoms with van der Waals surface area (Å²) in [7, 11) is 0. The van der Waals surface area contributed by atoms with E-state index < -0.39 is 0 Å². The molecule has 0 unspecified atom stereocenters. The molecule has 1 N–H and O–H groups in total. The molecule has 3 aromatic rings. The molecule has 1 aliphatic heterocycles. The molecule has 0 bridgehead atoms. The van der Waals surface area contributed by atoms with Crippen LogP contribution >= 0.6 is 0 Å². The van der Waals surface area contributed by atoms with E-state index in [1.165, 1.54) is 6.07 Å². The second-order valence-corrected chi connectivity index (χ2v) is 6.81. The molecule has 1 amide bonds. The van der Waals surface area contributed by atoms with Crippen LogP contribution in [0.2, 0.25) is 0 Å². The number of carbonyl (C=O) groups is 1. The number of H-pyrrole nitrogens is 1. The molecule has 5 nitrogen and oxygen atoms in total. The van der Waals surface area contributed by atoms with Gasteiger partial charge in [0, 0.05) is 17.0 Å². The lowest BCUT2D eigenvalue weighted by molar-refractivity contribution is 0.0177. The summed E-state index contributed by atoms with van der Waals surface area (Å²) in [4.78, 5) is 29.3. The molecule has 0 radical (unpaired) electrons. The Balaban J connectivity index is 1.53. The van der Waals surface area contributed by atoms with Crippen molar-refractivity contribution in [2.45, 2.75) is 20.0 Å². The average Bonchev–Trinajstić information content (AvgIpc) is 2.58. The van der Waals surface area contributed by atoms with Crippen LogP contribution in [0.3, 0.4) is 0 Å². The van der Waals surface area contributed by atoms with Gasteiger partial charge in [0.2, 0.25) is 5.56 Å². The summed E-state index contributed by atoms with van der Waals surface area (Å²) in [5.74, 6) is 0.721. The Hall–Kier alpha value is -3.08. The third kappa shape index (κ3) is 2.96. The first-order chi connectivity index (χ1) is 12.5. The number of likely N-dealkylation sites (tertiary alicyclic amines) is 1. The highest BCUT2D eigenvalue weighted by Crippen LogP contribution is 2.24. The maximum absolute atomic E-state index is 12.9. The van der Waals surface area contributed by atoms with Crippen molar-refractivity contribution in [3.8, 4) is 5.75 Å². The van der Waals surface area contributed by atoms with Crippen LogP contribution in [-0.4, -0.2) is 35.0 Å². The van der Waals surface area contributed by atoms with Gasteiger partial charge in [0.1, 0.15) is 11.9 Å². The molecule has 0 saturated carbocycles. The number of carbonyl (C=O) groups excluding carboxylic acids is 1. The Labute approximate surface area is 151 Å². The summed E-state index contributed by atoms with van der Waals surface area (Å²) in [6.45, 7) is 5.01. The predicted octanol–water partition coefficient (Wildman–Crippen LogP) is 3.05. The quantitative estimate of drug-likeness (QED) is 0.791. The smallest absolute Gasteiger partial charge is 0.255 e. The largest absolute Gasteiger partial charge is 0.486 e. The maximum atomic E-state index is 12.9. The number of benzene rings is 2. The number of hydrogen-bond donors (Lipinski definition) is 1. The average molecular weight is 348 g/mol. The summed E-state index contributed by atoms with van der Waals surface area (Å²) in [5, 5.41) is 0.776. The van der Waals surface area contributed by atoms with E-state index in [-0.39, 0.29) is 17.6 Å². The van der Waals surface area contributed by atoms with Gasteiger partial charge in [0.05, 0.1) is 18.7 Å². The van der Waals surface area contributed by atoms with Crippen molar-refractivity contribution in [3.05, 3.63) is 75.6 Å². The van der Waals surface area contributed by atoms with E-state index in [1.807, 2.05) is 56.3 Å². The van der Waals surface area contributed by atoms with E-state index in [2.05, 4.69) is 4.98 Å². The lowest BCUT2D eigenvalue weighted by Crippen LogP contribution is -2.56. The zero-order chi connectivity index (χ0) is 18.3. The van der Waals surface area contributed by atoms with Gasteiger partial charge < -0.3 is 14.6 Å². The van der Waals surface area contributed by atoms with Gasteiger partial charge in [0.15, 0.2) is 0 Å². The van der Waals surface area contributed by atoms with Crippen LogP contribution in [0.5, 0.6) is 5.75 Å². The molecule has 1 aliphatic rings. The number of hydrogen-bond acceptors (Lipinski definition) is 3. The lowest BCUT2D eigenvalue weighted by Gasteiger charge is -2.39. The van der Waals surface area contributed by atoms with Crippen molar-refractivity contribution < 1.29 is 9.53 Å². The van der Waals surface area contributed by atoms with E-state index >= 15 is 0 Å². The van der Waals surface area contributed by atoms with Gasteiger partial charge >= 0.3 is 0 Å². The van der Waals surface area contributed by atoms with Crippen molar-refractivity contribution in [2.24, 2.45) is 0 Å². The predicted molar refractivity (Wildman–Crippen MR) is 101 cm³/mol.